The lowest BCUT2D eigenvalue weighted by atomic mass is 10.1. The molecule has 0 saturated carbocycles. The first-order chi connectivity index (χ1) is 13.5. The van der Waals surface area contributed by atoms with E-state index < -0.39 is 17.8 Å². The van der Waals surface area contributed by atoms with Crippen LogP contribution < -0.4 is 5.32 Å². The third-order valence-electron chi connectivity index (χ3n) is 4.43. The van der Waals surface area contributed by atoms with Crippen LogP contribution in [0.25, 0.3) is 17.0 Å². The molecule has 0 spiro atoms. The largest absolute Gasteiger partial charge is 0.361 e. The molecule has 8 heteroatoms. The summed E-state index contributed by atoms with van der Waals surface area (Å²) in [5.74, 6) is -1.21. The van der Waals surface area contributed by atoms with Crippen LogP contribution >= 0.6 is 11.6 Å². The van der Waals surface area contributed by atoms with Gasteiger partial charge in [-0.1, -0.05) is 23.7 Å². The maximum Gasteiger partial charge on any atom is 0.329 e. The summed E-state index contributed by atoms with van der Waals surface area (Å²) in [4.78, 5) is 28.9. The topological polar surface area (TPSA) is 89.0 Å². The molecule has 0 unspecified atom stereocenters. The van der Waals surface area contributed by atoms with E-state index in [1.165, 1.54) is 12.1 Å². The monoisotopic (exact) mass is 394 g/mol. The Kier molecular flexibility index (Phi) is 4.34. The number of fused-ring (bicyclic) bond motifs is 1. The number of rotatable bonds is 3. The molecule has 2 heterocycles. The first-order valence-corrected chi connectivity index (χ1v) is 8.64. The molecule has 2 N–H and O–H groups in total. The number of amides is 3. The first kappa shape index (κ1) is 17.8. The Hall–Kier alpha value is -3.63. The highest BCUT2D eigenvalue weighted by Gasteiger charge is 2.33. The Balaban J connectivity index is 1.61. The van der Waals surface area contributed by atoms with Crippen LogP contribution in [0.2, 0.25) is 5.02 Å². The Bertz CT molecular complexity index is 1210. The summed E-state index contributed by atoms with van der Waals surface area (Å²) >= 11 is 5.97. The Morgan fingerprint density at radius 3 is 2.79 bits per heavy atom. The standard InChI is InChI=1S/C20H12ClFN4O2/c21-14-3-4-15-13(9-24-17(15)7-14)6-18-19(27)26(20(28)25-18)10-11-1-2-12(8-23)16(22)5-11/h1-7,9,24H,10H2,(H,25,28)/b18-6-. The third kappa shape index (κ3) is 3.10. The van der Waals surface area contributed by atoms with E-state index in [9.17, 15) is 14.0 Å². The summed E-state index contributed by atoms with van der Waals surface area (Å²) in [5.41, 5.74) is 1.96. The fourth-order valence-corrected chi connectivity index (χ4v) is 3.21. The molecule has 1 aliphatic heterocycles. The summed E-state index contributed by atoms with van der Waals surface area (Å²) in [6.07, 6.45) is 3.29. The van der Waals surface area contributed by atoms with Gasteiger partial charge in [-0.3, -0.25) is 9.69 Å². The van der Waals surface area contributed by atoms with E-state index in [0.29, 0.717) is 10.6 Å². The van der Waals surface area contributed by atoms with E-state index in [4.69, 9.17) is 16.9 Å². The molecule has 0 aliphatic carbocycles. The highest BCUT2D eigenvalue weighted by Crippen LogP contribution is 2.25. The van der Waals surface area contributed by atoms with Crippen molar-refractivity contribution < 1.29 is 14.0 Å². The summed E-state index contributed by atoms with van der Waals surface area (Å²) in [6.45, 7) is -0.103. The van der Waals surface area contributed by atoms with Gasteiger partial charge in [-0.25, -0.2) is 9.18 Å². The van der Waals surface area contributed by atoms with Gasteiger partial charge in [0.15, 0.2) is 0 Å². The quantitative estimate of drug-likeness (QED) is 0.521. The van der Waals surface area contributed by atoms with Crippen molar-refractivity contribution in [3.8, 4) is 6.07 Å². The molecule has 4 rings (SSSR count). The second-order valence-electron chi connectivity index (χ2n) is 6.24. The fourth-order valence-electron chi connectivity index (χ4n) is 3.04. The molecule has 6 nitrogen and oxygen atoms in total. The summed E-state index contributed by atoms with van der Waals surface area (Å²) in [7, 11) is 0. The molecule has 1 saturated heterocycles. The summed E-state index contributed by atoms with van der Waals surface area (Å²) in [6, 6.07) is 10.4. The number of benzene rings is 2. The molecule has 2 aromatic carbocycles. The number of halogens is 2. The number of carbonyl (C=O) groups excluding carboxylic acids is 2. The van der Waals surface area contributed by atoms with Crippen LogP contribution in [0.1, 0.15) is 16.7 Å². The molecule has 28 heavy (non-hydrogen) atoms. The van der Waals surface area contributed by atoms with Crippen LogP contribution in [0.4, 0.5) is 9.18 Å². The number of nitrogens with zero attached hydrogens (tertiary/aromatic N) is 2. The lowest BCUT2D eigenvalue weighted by Crippen LogP contribution is -2.30. The first-order valence-electron chi connectivity index (χ1n) is 8.26. The number of H-pyrrole nitrogens is 1. The van der Waals surface area contributed by atoms with Gasteiger partial charge in [-0.15, -0.1) is 0 Å². The number of nitrogens with one attached hydrogen (secondary N) is 2. The predicted octanol–water partition coefficient (Wildman–Crippen LogP) is 3.92. The minimum atomic E-state index is -0.694. The maximum atomic E-state index is 13.8. The molecule has 3 amide bonds. The van der Waals surface area contributed by atoms with E-state index >= 15 is 0 Å². The zero-order chi connectivity index (χ0) is 19.8. The van der Waals surface area contributed by atoms with Crippen LogP contribution in [0.15, 0.2) is 48.3 Å². The molecular formula is C20H12ClFN4O2. The number of hydrogen-bond acceptors (Lipinski definition) is 3. The normalized spacial score (nSPS) is 15.3. The van der Waals surface area contributed by atoms with Gasteiger partial charge in [0.05, 0.1) is 12.1 Å². The molecule has 1 aliphatic rings. The zero-order valence-corrected chi connectivity index (χ0v) is 15.0. The smallest absolute Gasteiger partial charge is 0.329 e. The molecule has 1 aromatic heterocycles. The second-order valence-corrected chi connectivity index (χ2v) is 6.68. The molecule has 1 fully saturated rings. The zero-order valence-electron chi connectivity index (χ0n) is 14.3. The summed E-state index contributed by atoms with van der Waals surface area (Å²) in [5, 5.41) is 12.8. The van der Waals surface area contributed by atoms with Gasteiger partial charge in [-0.2, -0.15) is 5.26 Å². The molecule has 0 bridgehead atoms. The fraction of sp³-hybridized carbons (Fsp3) is 0.0500. The van der Waals surface area contributed by atoms with Gasteiger partial charge in [0, 0.05) is 27.7 Å². The van der Waals surface area contributed by atoms with E-state index in [-0.39, 0.29) is 17.8 Å². The van der Waals surface area contributed by atoms with Crippen LogP contribution in [0, 0.1) is 17.1 Å². The van der Waals surface area contributed by atoms with Gasteiger partial charge in [0.2, 0.25) is 0 Å². The van der Waals surface area contributed by atoms with Gasteiger partial charge < -0.3 is 10.3 Å². The minimum Gasteiger partial charge on any atom is -0.361 e. The van der Waals surface area contributed by atoms with Crippen molar-refractivity contribution in [1.82, 2.24) is 15.2 Å². The summed E-state index contributed by atoms with van der Waals surface area (Å²) < 4.78 is 13.8. The number of urea groups is 1. The van der Waals surface area contributed by atoms with Gasteiger partial charge >= 0.3 is 6.03 Å². The van der Waals surface area contributed by atoms with Crippen molar-refractivity contribution in [3.05, 3.63) is 75.8 Å². The van der Waals surface area contributed by atoms with Crippen molar-refractivity contribution in [3.63, 3.8) is 0 Å². The lowest BCUT2D eigenvalue weighted by Gasteiger charge is -2.12. The van der Waals surface area contributed by atoms with Crippen molar-refractivity contribution in [2.24, 2.45) is 0 Å². The number of nitriles is 1. The third-order valence-corrected chi connectivity index (χ3v) is 4.67. The Labute approximate surface area is 163 Å². The van der Waals surface area contributed by atoms with Crippen molar-refractivity contribution >= 4 is 40.5 Å². The van der Waals surface area contributed by atoms with Crippen LogP contribution in [-0.4, -0.2) is 21.8 Å². The Morgan fingerprint density at radius 1 is 1.21 bits per heavy atom. The van der Waals surface area contributed by atoms with Gasteiger partial charge in [0.25, 0.3) is 5.91 Å². The van der Waals surface area contributed by atoms with Crippen molar-refractivity contribution in [2.75, 3.05) is 0 Å². The maximum absolute atomic E-state index is 13.8. The molecule has 3 aromatic rings. The predicted molar refractivity (Wildman–Crippen MR) is 101 cm³/mol. The minimum absolute atomic E-state index is 0.0963. The highest BCUT2D eigenvalue weighted by molar-refractivity contribution is 6.31. The number of carbonyl (C=O) groups is 2. The second kappa shape index (κ2) is 6.83. The highest BCUT2D eigenvalue weighted by atomic mass is 35.5. The van der Waals surface area contributed by atoms with Crippen LogP contribution in [0.3, 0.4) is 0 Å². The van der Waals surface area contributed by atoms with E-state index in [0.717, 1.165) is 27.4 Å². The number of aromatic amines is 1. The van der Waals surface area contributed by atoms with Gasteiger partial charge in [-0.05, 0) is 35.9 Å². The van der Waals surface area contributed by atoms with Gasteiger partial charge in [0.1, 0.15) is 17.6 Å². The van der Waals surface area contributed by atoms with E-state index in [1.807, 2.05) is 6.07 Å². The SMILES string of the molecule is N#Cc1ccc(CN2C(=O)N/C(=C\c3c[nH]c4cc(Cl)ccc34)C2=O)cc1F. The average molecular weight is 395 g/mol. The van der Waals surface area contributed by atoms with Crippen LogP contribution in [-0.2, 0) is 11.3 Å². The van der Waals surface area contributed by atoms with Crippen molar-refractivity contribution in [2.45, 2.75) is 6.54 Å². The Morgan fingerprint density at radius 2 is 2.04 bits per heavy atom. The van der Waals surface area contributed by atoms with E-state index in [1.54, 1.807) is 30.5 Å². The number of hydrogen-bond donors (Lipinski definition) is 2. The molecule has 138 valence electrons. The number of imide groups is 1. The average Bonchev–Trinajstić information content (AvgIpc) is 3.17. The molecule has 0 radical (unpaired) electrons. The lowest BCUT2D eigenvalue weighted by molar-refractivity contribution is -0.123. The van der Waals surface area contributed by atoms with Crippen molar-refractivity contribution in [1.29, 1.82) is 5.26 Å². The van der Waals surface area contributed by atoms with Crippen LogP contribution in [0.5, 0.6) is 0 Å². The molecular weight excluding hydrogens is 383 g/mol. The number of aromatic nitrogens is 1. The van der Waals surface area contributed by atoms with E-state index in [2.05, 4.69) is 10.3 Å². The molecule has 0 atom stereocenters.